The quantitative estimate of drug-likeness (QED) is 0.717. The summed E-state index contributed by atoms with van der Waals surface area (Å²) in [4.78, 5) is 24.9. The van der Waals surface area contributed by atoms with E-state index in [1.165, 1.54) is 11.3 Å². The third-order valence-electron chi connectivity index (χ3n) is 3.60. The van der Waals surface area contributed by atoms with Crippen molar-refractivity contribution < 1.29 is 9.59 Å². The predicted octanol–water partition coefficient (Wildman–Crippen LogP) is 0.768. The predicted molar refractivity (Wildman–Crippen MR) is 60.7 cm³/mol. The largest absolute Gasteiger partial charge is 0.305 e. The maximum atomic E-state index is 11.9. The molecule has 2 rings (SSSR count). The van der Waals surface area contributed by atoms with Crippen LogP contribution < -0.4 is 5.32 Å². The van der Waals surface area contributed by atoms with Crippen molar-refractivity contribution in [3.63, 3.8) is 0 Å². The van der Waals surface area contributed by atoms with Crippen LogP contribution in [0.2, 0.25) is 0 Å². The number of imide groups is 1. The van der Waals surface area contributed by atoms with E-state index in [4.69, 9.17) is 0 Å². The van der Waals surface area contributed by atoms with E-state index in [1.807, 2.05) is 13.8 Å². The highest BCUT2D eigenvalue weighted by molar-refractivity contribution is 6.05. The van der Waals surface area contributed by atoms with E-state index in [-0.39, 0.29) is 23.9 Å². The molecule has 4 nitrogen and oxygen atoms in total. The molecule has 1 heterocycles. The number of carbonyl (C=O) groups is 2. The molecule has 1 N–H and O–H groups in total. The second-order valence-electron chi connectivity index (χ2n) is 5.33. The summed E-state index contributed by atoms with van der Waals surface area (Å²) in [7, 11) is 0. The van der Waals surface area contributed by atoms with E-state index in [2.05, 4.69) is 12.2 Å². The topological polar surface area (TPSA) is 49.4 Å². The summed E-state index contributed by atoms with van der Waals surface area (Å²) in [5, 5.41) is 3.23. The van der Waals surface area contributed by atoms with Crippen LogP contribution in [0.5, 0.6) is 0 Å². The smallest absolute Gasteiger partial charge is 0.247 e. The van der Waals surface area contributed by atoms with E-state index < -0.39 is 0 Å². The zero-order valence-corrected chi connectivity index (χ0v) is 10.2. The fourth-order valence-electron chi connectivity index (χ4n) is 2.33. The SMILES string of the molecule is CC1CC1CNC1CC(=O)N(C(C)C)C1=O. The number of hydrogen-bond acceptors (Lipinski definition) is 3. The molecule has 1 aliphatic heterocycles. The summed E-state index contributed by atoms with van der Waals surface area (Å²) in [5.74, 6) is 1.39. The number of carbonyl (C=O) groups excluding carboxylic acids is 2. The summed E-state index contributed by atoms with van der Waals surface area (Å²) >= 11 is 0. The van der Waals surface area contributed by atoms with Crippen LogP contribution in [-0.4, -0.2) is 35.3 Å². The van der Waals surface area contributed by atoms with Gasteiger partial charge in [-0.1, -0.05) is 6.92 Å². The van der Waals surface area contributed by atoms with E-state index in [0.717, 1.165) is 12.5 Å². The minimum Gasteiger partial charge on any atom is -0.305 e. The van der Waals surface area contributed by atoms with E-state index >= 15 is 0 Å². The molecule has 0 radical (unpaired) electrons. The lowest BCUT2D eigenvalue weighted by atomic mass is 10.2. The van der Waals surface area contributed by atoms with Gasteiger partial charge in [-0.2, -0.15) is 0 Å². The molecule has 3 atom stereocenters. The van der Waals surface area contributed by atoms with Crippen LogP contribution in [0.1, 0.15) is 33.6 Å². The molecule has 4 heteroatoms. The lowest BCUT2D eigenvalue weighted by Gasteiger charge is -2.19. The number of rotatable bonds is 4. The third-order valence-corrected chi connectivity index (χ3v) is 3.60. The van der Waals surface area contributed by atoms with Crippen LogP contribution >= 0.6 is 0 Å². The highest BCUT2D eigenvalue weighted by Gasteiger charge is 2.41. The van der Waals surface area contributed by atoms with Gasteiger partial charge in [-0.15, -0.1) is 0 Å². The second-order valence-corrected chi connectivity index (χ2v) is 5.33. The van der Waals surface area contributed by atoms with Crippen LogP contribution in [-0.2, 0) is 9.59 Å². The molecule has 3 unspecified atom stereocenters. The van der Waals surface area contributed by atoms with Crippen molar-refractivity contribution in [3.05, 3.63) is 0 Å². The summed E-state index contributed by atoms with van der Waals surface area (Å²) in [6.45, 7) is 6.84. The van der Waals surface area contributed by atoms with Gasteiger partial charge in [0, 0.05) is 6.04 Å². The number of amides is 2. The van der Waals surface area contributed by atoms with Crippen molar-refractivity contribution in [2.75, 3.05) is 6.54 Å². The van der Waals surface area contributed by atoms with Gasteiger partial charge in [0.1, 0.15) is 0 Å². The Labute approximate surface area is 96.4 Å². The van der Waals surface area contributed by atoms with Gasteiger partial charge in [-0.3, -0.25) is 14.5 Å². The zero-order chi connectivity index (χ0) is 11.9. The van der Waals surface area contributed by atoms with Crippen molar-refractivity contribution in [3.8, 4) is 0 Å². The summed E-state index contributed by atoms with van der Waals surface area (Å²) in [6.07, 6.45) is 1.58. The van der Waals surface area contributed by atoms with Crippen molar-refractivity contribution in [1.29, 1.82) is 0 Å². The molecule has 2 amide bonds. The fraction of sp³-hybridized carbons (Fsp3) is 0.833. The van der Waals surface area contributed by atoms with Crippen LogP contribution in [0.3, 0.4) is 0 Å². The molecular formula is C12H20N2O2. The van der Waals surface area contributed by atoms with E-state index in [1.54, 1.807) is 0 Å². The monoisotopic (exact) mass is 224 g/mol. The van der Waals surface area contributed by atoms with Crippen molar-refractivity contribution in [2.24, 2.45) is 11.8 Å². The van der Waals surface area contributed by atoms with Gasteiger partial charge in [0.05, 0.1) is 12.5 Å². The highest BCUT2D eigenvalue weighted by atomic mass is 16.2. The molecular weight excluding hydrogens is 204 g/mol. The normalized spacial score (nSPS) is 34.0. The molecule has 90 valence electrons. The van der Waals surface area contributed by atoms with Crippen molar-refractivity contribution in [2.45, 2.75) is 45.7 Å². The molecule has 1 saturated carbocycles. The van der Waals surface area contributed by atoms with Crippen LogP contribution in [0.4, 0.5) is 0 Å². The number of nitrogens with one attached hydrogen (secondary N) is 1. The molecule has 16 heavy (non-hydrogen) atoms. The number of likely N-dealkylation sites (tertiary alicyclic amines) is 1. The maximum absolute atomic E-state index is 11.9. The average molecular weight is 224 g/mol. The van der Waals surface area contributed by atoms with Crippen molar-refractivity contribution >= 4 is 11.8 Å². The number of nitrogens with zero attached hydrogens (tertiary/aromatic N) is 1. The lowest BCUT2D eigenvalue weighted by Crippen LogP contribution is -2.42. The first-order valence-electron chi connectivity index (χ1n) is 6.10. The number of hydrogen-bond donors (Lipinski definition) is 1. The molecule has 0 aromatic carbocycles. The van der Waals surface area contributed by atoms with Crippen LogP contribution in [0.25, 0.3) is 0 Å². The van der Waals surface area contributed by atoms with E-state index in [9.17, 15) is 9.59 Å². The Bertz CT molecular complexity index is 314. The van der Waals surface area contributed by atoms with Crippen molar-refractivity contribution in [1.82, 2.24) is 10.2 Å². The third kappa shape index (κ3) is 2.12. The molecule has 0 aromatic rings. The Morgan fingerprint density at radius 1 is 1.44 bits per heavy atom. The first kappa shape index (κ1) is 11.6. The fourth-order valence-corrected chi connectivity index (χ4v) is 2.33. The molecule has 1 aliphatic carbocycles. The van der Waals surface area contributed by atoms with Gasteiger partial charge in [-0.05, 0) is 38.6 Å². The van der Waals surface area contributed by atoms with E-state index in [0.29, 0.717) is 12.3 Å². The van der Waals surface area contributed by atoms with Gasteiger partial charge in [0.2, 0.25) is 11.8 Å². The molecule has 1 saturated heterocycles. The molecule has 0 spiro atoms. The first-order chi connectivity index (χ1) is 7.50. The average Bonchev–Trinajstić information content (AvgIpc) is 2.80. The van der Waals surface area contributed by atoms with Crippen LogP contribution in [0.15, 0.2) is 0 Å². The van der Waals surface area contributed by atoms with Gasteiger partial charge in [0.25, 0.3) is 0 Å². The summed E-state index contributed by atoms with van der Waals surface area (Å²) < 4.78 is 0. The summed E-state index contributed by atoms with van der Waals surface area (Å²) in [5.41, 5.74) is 0. The van der Waals surface area contributed by atoms with Gasteiger partial charge in [-0.25, -0.2) is 0 Å². The Morgan fingerprint density at radius 2 is 2.06 bits per heavy atom. The minimum atomic E-state index is -0.275. The molecule has 2 aliphatic rings. The lowest BCUT2D eigenvalue weighted by molar-refractivity contribution is -0.140. The molecule has 0 bridgehead atoms. The summed E-state index contributed by atoms with van der Waals surface area (Å²) in [6, 6.07) is -0.297. The Balaban J connectivity index is 1.87. The minimum absolute atomic E-state index is 0.0216. The molecule has 0 aromatic heterocycles. The van der Waals surface area contributed by atoms with Crippen LogP contribution in [0, 0.1) is 11.8 Å². The highest BCUT2D eigenvalue weighted by Crippen LogP contribution is 2.37. The Morgan fingerprint density at radius 3 is 2.50 bits per heavy atom. The molecule has 2 fully saturated rings. The standard InChI is InChI=1S/C12H20N2O2/c1-7(2)14-11(15)5-10(12(14)16)13-6-9-4-8(9)3/h7-10,13H,4-6H2,1-3H3. The zero-order valence-electron chi connectivity index (χ0n) is 10.2. The van der Waals surface area contributed by atoms with Gasteiger partial charge in [0.15, 0.2) is 0 Å². The Hall–Kier alpha value is -0.900. The first-order valence-corrected chi connectivity index (χ1v) is 6.10. The Kier molecular flexibility index (Phi) is 3.02. The second kappa shape index (κ2) is 4.17. The van der Waals surface area contributed by atoms with Gasteiger partial charge >= 0.3 is 0 Å². The maximum Gasteiger partial charge on any atom is 0.247 e. The van der Waals surface area contributed by atoms with Gasteiger partial charge < -0.3 is 5.32 Å².